The minimum atomic E-state index is -0.0695. The maximum absolute atomic E-state index is 11.9. The van der Waals surface area contributed by atoms with Crippen LogP contribution < -0.4 is 14.8 Å². The normalized spacial score (nSPS) is 18.7. The quantitative estimate of drug-likeness (QED) is 0.906. The largest absolute Gasteiger partial charge is 0.497 e. The number of nitrogens with one attached hydrogen (secondary N) is 1. The van der Waals surface area contributed by atoms with Gasteiger partial charge in [-0.1, -0.05) is 0 Å². The first-order valence-corrected chi connectivity index (χ1v) is 6.36. The number of amides is 2. The van der Waals surface area contributed by atoms with Crippen molar-refractivity contribution in [2.45, 2.75) is 25.9 Å². The van der Waals surface area contributed by atoms with Gasteiger partial charge in [-0.15, -0.1) is 0 Å². The molecule has 5 nitrogen and oxygen atoms in total. The smallest absolute Gasteiger partial charge is 0.318 e. The van der Waals surface area contributed by atoms with Gasteiger partial charge in [0.1, 0.15) is 11.5 Å². The predicted octanol–water partition coefficient (Wildman–Crippen LogP) is 2.18. The Hall–Kier alpha value is -1.91. The lowest BCUT2D eigenvalue weighted by Crippen LogP contribution is -2.33. The SMILES string of the molecule is COc1ccc(OC)c(C2CN(C(C)C)C(=O)N2)c1. The van der Waals surface area contributed by atoms with Crippen molar-refractivity contribution in [2.24, 2.45) is 0 Å². The molecule has 1 aliphatic rings. The molecule has 1 atom stereocenters. The maximum atomic E-state index is 11.9. The highest BCUT2D eigenvalue weighted by Crippen LogP contribution is 2.32. The van der Waals surface area contributed by atoms with Gasteiger partial charge in [-0.05, 0) is 32.0 Å². The van der Waals surface area contributed by atoms with Gasteiger partial charge in [0, 0.05) is 18.2 Å². The Morgan fingerprint density at radius 3 is 2.58 bits per heavy atom. The summed E-state index contributed by atoms with van der Waals surface area (Å²) in [5.41, 5.74) is 0.943. The number of urea groups is 1. The lowest BCUT2D eigenvalue weighted by atomic mass is 10.1. The van der Waals surface area contributed by atoms with E-state index in [0.717, 1.165) is 17.1 Å². The molecule has 1 unspecified atom stereocenters. The van der Waals surface area contributed by atoms with Crippen LogP contribution in [0.15, 0.2) is 18.2 Å². The number of rotatable bonds is 4. The second kappa shape index (κ2) is 5.38. The molecule has 2 amide bonds. The van der Waals surface area contributed by atoms with Gasteiger partial charge < -0.3 is 19.7 Å². The van der Waals surface area contributed by atoms with Gasteiger partial charge in [0.15, 0.2) is 0 Å². The molecule has 0 saturated carbocycles. The average molecular weight is 264 g/mol. The molecule has 1 saturated heterocycles. The van der Waals surface area contributed by atoms with Crippen molar-refractivity contribution in [1.29, 1.82) is 0 Å². The highest BCUT2D eigenvalue weighted by atomic mass is 16.5. The van der Waals surface area contributed by atoms with Gasteiger partial charge in [-0.3, -0.25) is 0 Å². The third-order valence-electron chi connectivity index (χ3n) is 3.37. The topological polar surface area (TPSA) is 50.8 Å². The Morgan fingerprint density at radius 2 is 2.05 bits per heavy atom. The highest BCUT2D eigenvalue weighted by molar-refractivity contribution is 5.77. The summed E-state index contributed by atoms with van der Waals surface area (Å²) in [5.74, 6) is 1.52. The summed E-state index contributed by atoms with van der Waals surface area (Å²) < 4.78 is 10.6. The summed E-state index contributed by atoms with van der Waals surface area (Å²) in [7, 11) is 3.25. The van der Waals surface area contributed by atoms with E-state index in [2.05, 4.69) is 5.32 Å². The zero-order valence-electron chi connectivity index (χ0n) is 11.8. The fourth-order valence-electron chi connectivity index (χ4n) is 2.29. The second-order valence-corrected chi connectivity index (χ2v) is 4.86. The minimum Gasteiger partial charge on any atom is -0.497 e. The maximum Gasteiger partial charge on any atom is 0.318 e. The number of ether oxygens (including phenoxy) is 2. The molecule has 19 heavy (non-hydrogen) atoms. The number of nitrogens with zero attached hydrogens (tertiary/aromatic N) is 1. The molecule has 5 heteroatoms. The summed E-state index contributed by atoms with van der Waals surface area (Å²) in [4.78, 5) is 13.7. The Morgan fingerprint density at radius 1 is 1.32 bits per heavy atom. The van der Waals surface area contributed by atoms with Gasteiger partial charge in [0.05, 0.1) is 20.3 Å². The van der Waals surface area contributed by atoms with Gasteiger partial charge in [-0.2, -0.15) is 0 Å². The molecular weight excluding hydrogens is 244 g/mol. The first-order chi connectivity index (χ1) is 9.06. The van der Waals surface area contributed by atoms with Crippen LogP contribution in [0.3, 0.4) is 0 Å². The average Bonchev–Trinajstić information content (AvgIpc) is 2.80. The molecule has 0 aliphatic carbocycles. The Labute approximate surface area is 113 Å². The van der Waals surface area contributed by atoms with Gasteiger partial charge >= 0.3 is 6.03 Å². The summed E-state index contributed by atoms with van der Waals surface area (Å²) >= 11 is 0. The minimum absolute atomic E-state index is 0.0372. The number of hydrogen-bond acceptors (Lipinski definition) is 3. The molecule has 1 aromatic rings. The Bertz CT molecular complexity index is 474. The van der Waals surface area contributed by atoms with Crippen molar-refractivity contribution >= 4 is 6.03 Å². The zero-order valence-corrected chi connectivity index (χ0v) is 11.8. The lowest BCUT2D eigenvalue weighted by molar-refractivity contribution is 0.206. The lowest BCUT2D eigenvalue weighted by Gasteiger charge is -2.19. The van der Waals surface area contributed by atoms with Crippen LogP contribution in [0.2, 0.25) is 0 Å². The number of benzene rings is 1. The van der Waals surface area contributed by atoms with E-state index in [0.29, 0.717) is 6.54 Å². The molecule has 1 aromatic carbocycles. The first-order valence-electron chi connectivity index (χ1n) is 6.36. The number of carbonyl (C=O) groups is 1. The van der Waals surface area contributed by atoms with E-state index in [1.807, 2.05) is 36.9 Å². The van der Waals surface area contributed by atoms with E-state index in [1.165, 1.54) is 0 Å². The van der Waals surface area contributed by atoms with E-state index in [4.69, 9.17) is 9.47 Å². The third kappa shape index (κ3) is 2.59. The fraction of sp³-hybridized carbons (Fsp3) is 0.500. The molecule has 0 radical (unpaired) electrons. The van der Waals surface area contributed by atoms with Crippen molar-refractivity contribution in [1.82, 2.24) is 10.2 Å². The summed E-state index contributed by atoms with van der Waals surface area (Å²) in [6.45, 7) is 4.65. The van der Waals surface area contributed by atoms with Crippen molar-refractivity contribution < 1.29 is 14.3 Å². The third-order valence-corrected chi connectivity index (χ3v) is 3.37. The van der Waals surface area contributed by atoms with E-state index in [1.54, 1.807) is 14.2 Å². The molecular formula is C14H20N2O3. The summed E-state index contributed by atoms with van der Waals surface area (Å²) in [6, 6.07) is 5.69. The van der Waals surface area contributed by atoms with E-state index in [9.17, 15) is 4.79 Å². The van der Waals surface area contributed by atoms with Gasteiger partial charge in [0.2, 0.25) is 0 Å². The summed E-state index contributed by atoms with van der Waals surface area (Å²) in [5, 5.41) is 2.98. The first kappa shape index (κ1) is 13.5. The van der Waals surface area contributed by atoms with Crippen molar-refractivity contribution in [3.8, 4) is 11.5 Å². The molecule has 0 spiro atoms. The van der Waals surface area contributed by atoms with Gasteiger partial charge in [-0.25, -0.2) is 4.79 Å². The van der Waals surface area contributed by atoms with Crippen LogP contribution in [-0.2, 0) is 0 Å². The zero-order chi connectivity index (χ0) is 14.0. The van der Waals surface area contributed by atoms with E-state index in [-0.39, 0.29) is 18.1 Å². The van der Waals surface area contributed by atoms with Crippen LogP contribution in [0.1, 0.15) is 25.5 Å². The van der Waals surface area contributed by atoms with Crippen LogP contribution in [-0.4, -0.2) is 37.7 Å². The van der Waals surface area contributed by atoms with Crippen LogP contribution in [0.5, 0.6) is 11.5 Å². The van der Waals surface area contributed by atoms with Crippen molar-refractivity contribution in [2.75, 3.05) is 20.8 Å². The van der Waals surface area contributed by atoms with Crippen molar-refractivity contribution in [3.05, 3.63) is 23.8 Å². The van der Waals surface area contributed by atoms with Gasteiger partial charge in [0.25, 0.3) is 0 Å². The molecule has 0 aromatic heterocycles. The molecule has 0 bridgehead atoms. The second-order valence-electron chi connectivity index (χ2n) is 4.86. The number of hydrogen-bond donors (Lipinski definition) is 1. The van der Waals surface area contributed by atoms with Crippen LogP contribution >= 0.6 is 0 Å². The van der Waals surface area contributed by atoms with Crippen LogP contribution in [0.4, 0.5) is 4.79 Å². The Kier molecular flexibility index (Phi) is 3.83. The van der Waals surface area contributed by atoms with E-state index < -0.39 is 0 Å². The molecule has 104 valence electrons. The molecule has 1 N–H and O–H groups in total. The Balaban J connectivity index is 2.29. The molecule has 1 heterocycles. The molecule has 1 aliphatic heterocycles. The fourth-order valence-corrected chi connectivity index (χ4v) is 2.29. The van der Waals surface area contributed by atoms with Crippen molar-refractivity contribution in [3.63, 3.8) is 0 Å². The number of carbonyl (C=O) groups excluding carboxylic acids is 1. The van der Waals surface area contributed by atoms with E-state index >= 15 is 0 Å². The highest BCUT2D eigenvalue weighted by Gasteiger charge is 2.32. The molecule has 2 rings (SSSR count). The predicted molar refractivity (Wildman–Crippen MR) is 72.7 cm³/mol. The van der Waals surface area contributed by atoms with Crippen LogP contribution in [0.25, 0.3) is 0 Å². The monoisotopic (exact) mass is 264 g/mol. The van der Waals surface area contributed by atoms with Crippen LogP contribution in [0, 0.1) is 0 Å². The summed E-state index contributed by atoms with van der Waals surface area (Å²) in [6.07, 6.45) is 0. The standard InChI is InChI=1S/C14H20N2O3/c1-9(2)16-8-12(15-14(16)17)11-7-10(18-3)5-6-13(11)19-4/h5-7,9,12H,8H2,1-4H3,(H,15,17). The molecule has 1 fully saturated rings. The number of methoxy groups -OCH3 is 2.